The maximum absolute atomic E-state index is 13.3. The Hall–Kier alpha value is -3.28. The minimum Gasteiger partial charge on any atom is -0.422 e. The van der Waals surface area contributed by atoms with Crippen LogP contribution in [0.1, 0.15) is 96.7 Å². The van der Waals surface area contributed by atoms with Crippen molar-refractivity contribution in [3.05, 3.63) is 59.7 Å². The maximum Gasteiger partial charge on any atom is 0.316 e. The lowest BCUT2D eigenvalue weighted by atomic mass is 9.97. The fourth-order valence-electron chi connectivity index (χ4n) is 4.57. The van der Waals surface area contributed by atoms with Gasteiger partial charge >= 0.3 is 11.9 Å². The summed E-state index contributed by atoms with van der Waals surface area (Å²) in [6.45, 7) is 15.0. The summed E-state index contributed by atoms with van der Waals surface area (Å²) in [5.41, 5.74) is -1.18. The van der Waals surface area contributed by atoms with Gasteiger partial charge in [0.2, 0.25) is 5.91 Å². The Kier molecular flexibility index (Phi) is 13.5. The van der Waals surface area contributed by atoms with E-state index in [1.165, 1.54) is 12.1 Å². The van der Waals surface area contributed by atoms with Crippen LogP contribution in [-0.2, 0) is 14.4 Å². The molecule has 2 atom stereocenters. The molecule has 3 rings (SSSR count). The lowest BCUT2D eigenvalue weighted by Gasteiger charge is -2.36. The number of hydrogen-bond acceptors (Lipinski definition) is 8. The van der Waals surface area contributed by atoms with Gasteiger partial charge in [-0.25, -0.2) is 0 Å². The number of ether oxygens (including phenoxy) is 2. The Balaban J connectivity index is 0.00000736. The number of carbonyl (C=O) groups excluding carboxylic acids is 4. The Morgan fingerprint density at radius 2 is 1.46 bits per heavy atom. The monoisotopic (exact) mass is 703 g/mol. The zero-order valence-electron chi connectivity index (χ0n) is 28.3. The van der Waals surface area contributed by atoms with E-state index in [0.29, 0.717) is 24.1 Å². The Morgan fingerprint density at radius 1 is 0.870 bits per heavy atom. The van der Waals surface area contributed by atoms with Crippen molar-refractivity contribution in [1.82, 2.24) is 15.5 Å². The van der Waals surface area contributed by atoms with Crippen LogP contribution in [0, 0.1) is 10.8 Å². The third-order valence-corrected chi connectivity index (χ3v) is 7.55. The molecule has 1 fully saturated rings. The highest BCUT2D eigenvalue weighted by Gasteiger charge is 2.34. The van der Waals surface area contributed by atoms with Gasteiger partial charge in [-0.05, 0) is 104 Å². The van der Waals surface area contributed by atoms with Crippen molar-refractivity contribution in [2.24, 2.45) is 10.8 Å². The molecule has 10 nitrogen and oxygen atoms in total. The van der Waals surface area contributed by atoms with Crippen molar-refractivity contribution in [3.8, 4) is 11.5 Å². The zero-order valence-corrected chi connectivity index (χ0v) is 30.0. The third-order valence-electron chi connectivity index (χ3n) is 7.55. The van der Waals surface area contributed by atoms with Crippen LogP contribution in [0.2, 0.25) is 0 Å². The number of esters is 2. The van der Waals surface area contributed by atoms with E-state index in [1.807, 2.05) is 32.0 Å². The van der Waals surface area contributed by atoms with Crippen molar-refractivity contribution < 1.29 is 33.8 Å². The fraction of sp³-hybridized carbons (Fsp3) is 0.543. The molecule has 1 heterocycles. The van der Waals surface area contributed by atoms with Gasteiger partial charge in [0.15, 0.2) is 11.5 Å². The molecule has 0 aromatic heterocycles. The molecule has 1 aliphatic rings. The summed E-state index contributed by atoms with van der Waals surface area (Å²) in [5.74, 6) is -1.24. The zero-order chi connectivity index (χ0) is 33.6. The summed E-state index contributed by atoms with van der Waals surface area (Å²) in [6.07, 6.45) is 1.31. The van der Waals surface area contributed by atoms with Crippen LogP contribution >= 0.6 is 17.0 Å². The quantitative estimate of drug-likeness (QED) is 0.222. The number of hydrogen-bond donors (Lipinski definition) is 3. The summed E-state index contributed by atoms with van der Waals surface area (Å²) in [4.78, 5) is 53.3. The number of β-amino-alcohol motifs (C(OH)–C–C–N with tert-alkyl or cyclic N) is 1. The van der Waals surface area contributed by atoms with Crippen LogP contribution in [-0.4, -0.2) is 65.0 Å². The lowest BCUT2D eigenvalue weighted by Crippen LogP contribution is -2.56. The van der Waals surface area contributed by atoms with E-state index in [2.05, 4.69) is 10.6 Å². The first kappa shape index (κ1) is 38.9. The SMILES string of the molecule is Br.CC(C)(CNC(=O)C1CCCCN1C(=O)c1ccccc1)NCC(O)c1ccc(OC(=O)C(C)(C)C)c(OC(=O)C(C)(C)C)c1. The van der Waals surface area contributed by atoms with E-state index < -0.39 is 40.5 Å². The second-order valence-corrected chi connectivity index (χ2v) is 14.4. The first-order chi connectivity index (χ1) is 20.9. The molecule has 0 radical (unpaired) electrons. The number of aliphatic hydroxyl groups is 1. The van der Waals surface area contributed by atoms with Gasteiger partial charge in [0.25, 0.3) is 5.91 Å². The smallest absolute Gasteiger partial charge is 0.316 e. The highest BCUT2D eigenvalue weighted by atomic mass is 79.9. The second kappa shape index (κ2) is 16.0. The van der Waals surface area contributed by atoms with Crippen molar-refractivity contribution in [2.75, 3.05) is 19.6 Å². The van der Waals surface area contributed by atoms with Gasteiger partial charge in [-0.15, -0.1) is 17.0 Å². The number of nitrogens with one attached hydrogen (secondary N) is 2. The molecular weight excluding hydrogens is 654 g/mol. The number of likely N-dealkylation sites (tertiary alicyclic amines) is 1. The van der Waals surface area contributed by atoms with Gasteiger partial charge in [-0.2, -0.15) is 0 Å². The van der Waals surface area contributed by atoms with Crippen LogP contribution in [0.15, 0.2) is 48.5 Å². The molecule has 3 N–H and O–H groups in total. The molecule has 1 saturated heterocycles. The van der Waals surface area contributed by atoms with E-state index >= 15 is 0 Å². The summed E-state index contributed by atoms with van der Waals surface area (Å²) < 4.78 is 11.2. The number of aliphatic hydroxyl groups excluding tert-OH is 1. The lowest BCUT2D eigenvalue weighted by molar-refractivity contribution is -0.145. The first-order valence-corrected chi connectivity index (χ1v) is 15.5. The van der Waals surface area contributed by atoms with Crippen molar-refractivity contribution >= 4 is 40.7 Å². The van der Waals surface area contributed by atoms with E-state index in [1.54, 1.807) is 64.6 Å². The number of carbonyl (C=O) groups is 4. The average Bonchev–Trinajstić information content (AvgIpc) is 2.98. The molecular formula is C35H50BrN3O7. The Labute approximate surface area is 283 Å². The molecule has 2 unspecified atom stereocenters. The van der Waals surface area contributed by atoms with Gasteiger partial charge in [-0.3, -0.25) is 19.2 Å². The van der Waals surface area contributed by atoms with Gasteiger partial charge in [0.05, 0.1) is 16.9 Å². The molecule has 2 amide bonds. The van der Waals surface area contributed by atoms with Crippen molar-refractivity contribution in [3.63, 3.8) is 0 Å². The number of amides is 2. The molecule has 254 valence electrons. The van der Waals surface area contributed by atoms with E-state index in [-0.39, 0.29) is 53.4 Å². The molecule has 1 aliphatic heterocycles. The van der Waals surface area contributed by atoms with Crippen LogP contribution < -0.4 is 20.1 Å². The summed E-state index contributed by atoms with van der Waals surface area (Å²) in [7, 11) is 0. The van der Waals surface area contributed by atoms with E-state index in [0.717, 1.165) is 12.8 Å². The van der Waals surface area contributed by atoms with E-state index in [4.69, 9.17) is 9.47 Å². The van der Waals surface area contributed by atoms with Crippen molar-refractivity contribution in [1.29, 1.82) is 0 Å². The number of benzene rings is 2. The second-order valence-electron chi connectivity index (χ2n) is 14.4. The molecule has 2 aromatic rings. The van der Waals surface area contributed by atoms with Crippen molar-refractivity contribution in [2.45, 2.75) is 92.3 Å². The molecule has 46 heavy (non-hydrogen) atoms. The molecule has 0 spiro atoms. The average molecular weight is 705 g/mol. The minimum atomic E-state index is -1.00. The minimum absolute atomic E-state index is 0. The molecule has 2 aromatic carbocycles. The molecule has 0 saturated carbocycles. The van der Waals surface area contributed by atoms with Crippen LogP contribution in [0.3, 0.4) is 0 Å². The largest absolute Gasteiger partial charge is 0.422 e. The number of halogens is 1. The molecule has 11 heteroatoms. The summed E-state index contributed by atoms with van der Waals surface area (Å²) in [5, 5.41) is 17.3. The Bertz CT molecular complexity index is 1370. The van der Waals surface area contributed by atoms with Gasteiger partial charge in [0, 0.05) is 30.7 Å². The molecule has 0 aliphatic carbocycles. The highest BCUT2D eigenvalue weighted by Crippen LogP contribution is 2.34. The van der Waals surface area contributed by atoms with Crippen LogP contribution in [0.5, 0.6) is 11.5 Å². The summed E-state index contributed by atoms with van der Waals surface area (Å²) in [6, 6.07) is 13.1. The summed E-state index contributed by atoms with van der Waals surface area (Å²) >= 11 is 0. The van der Waals surface area contributed by atoms with Gasteiger partial charge < -0.3 is 30.1 Å². The topological polar surface area (TPSA) is 134 Å². The van der Waals surface area contributed by atoms with Gasteiger partial charge in [-0.1, -0.05) is 24.3 Å². The predicted octanol–water partition coefficient (Wildman–Crippen LogP) is 5.38. The standard InChI is InChI=1S/C35H49N3O7.BrH/c1-33(2,3)31(42)44-27-18-17-24(20-28(27)45-32(43)34(4,5)6)26(39)21-37-35(7,8)22-36-29(40)25-16-12-13-19-38(25)30(41)23-14-10-9-11-15-23;/h9-11,14-15,17-18,20,25-26,37,39H,12-13,16,19,21-22H2,1-8H3,(H,36,40);1H. The predicted molar refractivity (Wildman–Crippen MR) is 182 cm³/mol. The van der Waals surface area contributed by atoms with Gasteiger partial charge in [0.1, 0.15) is 6.04 Å². The normalized spacial score (nSPS) is 16.1. The third kappa shape index (κ3) is 10.9. The number of rotatable bonds is 10. The highest BCUT2D eigenvalue weighted by molar-refractivity contribution is 8.93. The van der Waals surface area contributed by atoms with Crippen LogP contribution in [0.4, 0.5) is 0 Å². The number of nitrogens with zero attached hydrogens (tertiary/aromatic N) is 1. The fourth-order valence-corrected chi connectivity index (χ4v) is 4.57. The maximum atomic E-state index is 13.3. The first-order valence-electron chi connectivity index (χ1n) is 15.5. The van der Waals surface area contributed by atoms with Crippen LogP contribution in [0.25, 0.3) is 0 Å². The molecule has 0 bridgehead atoms. The van der Waals surface area contributed by atoms with E-state index in [9.17, 15) is 24.3 Å². The number of piperidine rings is 1. The Morgan fingerprint density at radius 3 is 2.04 bits per heavy atom.